The van der Waals surface area contributed by atoms with Gasteiger partial charge in [-0.2, -0.15) is 0 Å². The lowest BCUT2D eigenvalue weighted by Crippen LogP contribution is -2.16. The van der Waals surface area contributed by atoms with Gasteiger partial charge in [-0.15, -0.1) is 0 Å². The van der Waals surface area contributed by atoms with Crippen LogP contribution in [-0.4, -0.2) is 16.4 Å². The highest BCUT2D eigenvalue weighted by atomic mass is 16.6. The van der Waals surface area contributed by atoms with Crippen molar-refractivity contribution < 1.29 is 9.85 Å². The van der Waals surface area contributed by atoms with Gasteiger partial charge >= 0.3 is 0 Å². The Morgan fingerprint density at radius 2 is 2.00 bits per heavy atom. The minimum atomic E-state index is -0.628. The number of rotatable bonds is 7. The van der Waals surface area contributed by atoms with E-state index in [0.29, 0.717) is 12.1 Å². The molecule has 1 N–H and O–H groups in total. The highest BCUT2D eigenvalue weighted by Gasteiger charge is 2.18. The second kappa shape index (κ2) is 6.94. The Hall–Kier alpha value is -2.28. The summed E-state index contributed by atoms with van der Waals surface area (Å²) in [5.74, 6) is 0. The third-order valence-electron chi connectivity index (χ3n) is 3.55. The lowest BCUT2D eigenvalue weighted by molar-refractivity contribution is -0.394. The molecule has 0 heterocycles. The molecule has 0 radical (unpaired) electrons. The Morgan fingerprint density at radius 3 is 2.62 bits per heavy atom. The lowest BCUT2D eigenvalue weighted by atomic mass is 10.1. The Morgan fingerprint density at radius 1 is 1.19 bits per heavy atom. The van der Waals surface area contributed by atoms with Crippen LogP contribution < -0.4 is 5.32 Å². The fraction of sp³-hybridized carbons (Fsp3) is 0.429. The molecule has 0 bridgehead atoms. The first-order valence-corrected chi connectivity index (χ1v) is 6.88. The molecular weight excluding hydrogens is 274 g/mol. The van der Waals surface area contributed by atoms with Crippen molar-refractivity contribution in [3.05, 3.63) is 55.6 Å². The van der Waals surface area contributed by atoms with Crippen LogP contribution in [0.25, 0.3) is 0 Å². The summed E-state index contributed by atoms with van der Waals surface area (Å²) in [6, 6.07) is 3.75. The van der Waals surface area contributed by atoms with Gasteiger partial charge in [-0.05, 0) is 38.3 Å². The third-order valence-corrected chi connectivity index (χ3v) is 3.55. The molecule has 0 amide bonds. The highest BCUT2D eigenvalue weighted by Crippen LogP contribution is 2.24. The van der Waals surface area contributed by atoms with E-state index in [9.17, 15) is 20.2 Å². The molecule has 112 valence electrons. The van der Waals surface area contributed by atoms with Crippen LogP contribution in [0.15, 0.2) is 29.8 Å². The van der Waals surface area contributed by atoms with Gasteiger partial charge in [0.1, 0.15) is 0 Å². The van der Waals surface area contributed by atoms with E-state index >= 15 is 0 Å². The van der Waals surface area contributed by atoms with Gasteiger partial charge in [0.15, 0.2) is 0 Å². The van der Waals surface area contributed by atoms with Crippen LogP contribution >= 0.6 is 0 Å². The summed E-state index contributed by atoms with van der Waals surface area (Å²) in [4.78, 5) is 20.4. The van der Waals surface area contributed by atoms with Gasteiger partial charge < -0.3 is 5.32 Å². The minimum Gasteiger partial charge on any atom is -0.312 e. The van der Waals surface area contributed by atoms with Crippen LogP contribution in [0.2, 0.25) is 0 Å². The van der Waals surface area contributed by atoms with E-state index < -0.39 is 9.85 Å². The molecule has 0 atom stereocenters. The highest BCUT2D eigenvalue weighted by molar-refractivity contribution is 5.49. The smallest absolute Gasteiger partial charge is 0.280 e. The van der Waals surface area contributed by atoms with Crippen LogP contribution in [0.5, 0.6) is 0 Å². The molecule has 0 unspecified atom stereocenters. The summed E-state index contributed by atoms with van der Waals surface area (Å²) < 4.78 is 0. The Kier molecular flexibility index (Phi) is 4.99. The van der Waals surface area contributed by atoms with Crippen LogP contribution in [0, 0.1) is 20.2 Å². The molecule has 0 aliphatic heterocycles. The summed E-state index contributed by atoms with van der Waals surface area (Å²) in [7, 11) is 0. The normalized spacial score (nSPS) is 14.0. The largest absolute Gasteiger partial charge is 0.312 e. The van der Waals surface area contributed by atoms with Gasteiger partial charge in [-0.1, -0.05) is 11.6 Å². The van der Waals surface area contributed by atoms with E-state index in [1.807, 2.05) is 0 Å². The first-order chi connectivity index (χ1) is 10.1. The zero-order chi connectivity index (χ0) is 15.2. The molecule has 2 rings (SSSR count). The molecule has 1 aromatic carbocycles. The first-order valence-electron chi connectivity index (χ1n) is 6.88. The summed E-state index contributed by atoms with van der Waals surface area (Å²) in [5.41, 5.74) is 1.42. The predicted molar refractivity (Wildman–Crippen MR) is 78.0 cm³/mol. The Balaban J connectivity index is 1.95. The number of nitro benzene ring substituents is 2. The molecule has 0 spiro atoms. The Bertz CT molecular complexity index is 584. The van der Waals surface area contributed by atoms with Crippen LogP contribution in [0.3, 0.4) is 0 Å². The van der Waals surface area contributed by atoms with Gasteiger partial charge in [0, 0.05) is 18.2 Å². The van der Waals surface area contributed by atoms with E-state index in [1.165, 1.54) is 24.1 Å². The van der Waals surface area contributed by atoms with Gasteiger partial charge in [-0.3, -0.25) is 20.2 Å². The lowest BCUT2D eigenvalue weighted by Gasteiger charge is -2.06. The number of nitrogens with zero attached hydrogens (tertiary/aromatic N) is 2. The zero-order valence-corrected chi connectivity index (χ0v) is 11.6. The molecule has 0 fully saturated rings. The molecule has 0 aromatic heterocycles. The van der Waals surface area contributed by atoms with Crippen molar-refractivity contribution in [2.75, 3.05) is 6.54 Å². The second-order valence-corrected chi connectivity index (χ2v) is 5.01. The zero-order valence-electron chi connectivity index (χ0n) is 11.6. The molecule has 7 nitrogen and oxygen atoms in total. The first kappa shape index (κ1) is 15.1. The monoisotopic (exact) mass is 291 g/mol. The maximum atomic E-state index is 11.0. The molecular formula is C14H17N3O4. The van der Waals surface area contributed by atoms with E-state index in [2.05, 4.69) is 11.4 Å². The number of hydrogen-bond donors (Lipinski definition) is 1. The number of nitrogens with one attached hydrogen (secondary N) is 1. The van der Waals surface area contributed by atoms with Crippen LogP contribution in [0.1, 0.15) is 31.2 Å². The van der Waals surface area contributed by atoms with E-state index in [4.69, 9.17) is 0 Å². The van der Waals surface area contributed by atoms with Crippen LogP contribution in [0.4, 0.5) is 11.4 Å². The average molecular weight is 291 g/mol. The SMILES string of the molecule is O=[N+]([O-])c1ccc(CNCCC2=CCCC2)c([N+](=O)[O-])c1. The maximum Gasteiger partial charge on any atom is 0.280 e. The average Bonchev–Trinajstić information content (AvgIpc) is 2.96. The topological polar surface area (TPSA) is 98.3 Å². The van der Waals surface area contributed by atoms with Crippen molar-refractivity contribution in [2.24, 2.45) is 0 Å². The molecule has 1 aromatic rings. The molecule has 7 heteroatoms. The minimum absolute atomic E-state index is 0.211. The molecule has 1 aliphatic carbocycles. The molecule has 0 saturated carbocycles. The molecule has 21 heavy (non-hydrogen) atoms. The number of non-ortho nitro benzene ring substituents is 1. The number of benzene rings is 1. The standard InChI is InChI=1S/C14H17N3O4/c18-16(19)13-6-5-12(14(9-13)17(20)21)10-15-8-7-11-3-1-2-4-11/h3,5-6,9,15H,1-2,4,7-8,10H2. The van der Waals surface area contributed by atoms with Crippen molar-refractivity contribution in [3.8, 4) is 0 Å². The summed E-state index contributed by atoms with van der Waals surface area (Å²) in [6.45, 7) is 1.08. The molecule has 0 saturated heterocycles. The van der Waals surface area contributed by atoms with E-state index in [0.717, 1.165) is 31.9 Å². The van der Waals surface area contributed by atoms with E-state index in [1.54, 1.807) is 0 Å². The fourth-order valence-electron chi connectivity index (χ4n) is 2.42. The predicted octanol–water partition coefficient (Wildman–Crippen LogP) is 3.09. The van der Waals surface area contributed by atoms with Crippen molar-refractivity contribution in [1.82, 2.24) is 5.32 Å². The number of hydrogen-bond acceptors (Lipinski definition) is 5. The number of nitro groups is 2. The Labute approximate surface area is 122 Å². The van der Waals surface area contributed by atoms with Gasteiger partial charge in [0.05, 0.1) is 15.9 Å². The van der Waals surface area contributed by atoms with E-state index in [-0.39, 0.29) is 11.4 Å². The third kappa shape index (κ3) is 4.09. The van der Waals surface area contributed by atoms with Crippen LogP contribution in [-0.2, 0) is 6.54 Å². The second-order valence-electron chi connectivity index (χ2n) is 5.01. The fourth-order valence-corrected chi connectivity index (χ4v) is 2.42. The van der Waals surface area contributed by atoms with Crippen molar-refractivity contribution >= 4 is 11.4 Å². The summed E-state index contributed by atoms with van der Waals surface area (Å²) >= 11 is 0. The maximum absolute atomic E-state index is 11.0. The summed E-state index contributed by atoms with van der Waals surface area (Å²) in [5, 5.41) is 24.8. The quantitative estimate of drug-likeness (QED) is 0.360. The number of allylic oxidation sites excluding steroid dienone is 1. The summed E-state index contributed by atoms with van der Waals surface area (Å²) in [6.07, 6.45) is 6.68. The van der Waals surface area contributed by atoms with Crippen molar-refractivity contribution in [3.63, 3.8) is 0 Å². The van der Waals surface area contributed by atoms with Gasteiger partial charge in [0.2, 0.25) is 0 Å². The van der Waals surface area contributed by atoms with Crippen molar-refractivity contribution in [2.45, 2.75) is 32.2 Å². The van der Waals surface area contributed by atoms with Gasteiger partial charge in [-0.25, -0.2) is 0 Å². The van der Waals surface area contributed by atoms with Gasteiger partial charge in [0.25, 0.3) is 11.4 Å². The molecule has 1 aliphatic rings. The van der Waals surface area contributed by atoms with Crippen molar-refractivity contribution in [1.29, 1.82) is 0 Å².